The van der Waals surface area contributed by atoms with Crippen LogP contribution in [0.15, 0.2) is 72.8 Å². The third-order valence-electron chi connectivity index (χ3n) is 8.39. The quantitative estimate of drug-likeness (QED) is 0.358. The van der Waals surface area contributed by atoms with E-state index in [1.807, 2.05) is 17.8 Å². The maximum absolute atomic E-state index is 13.0. The molecule has 2 aliphatic carbocycles. The summed E-state index contributed by atoms with van der Waals surface area (Å²) < 4.78 is 0. The Morgan fingerprint density at radius 1 is 1.00 bits per heavy atom. The van der Waals surface area contributed by atoms with Crippen LogP contribution in [0.3, 0.4) is 0 Å². The summed E-state index contributed by atoms with van der Waals surface area (Å²) in [6.45, 7) is 2.82. The summed E-state index contributed by atoms with van der Waals surface area (Å²) >= 11 is 1.87. The molecule has 6 rings (SSSR count). The molecule has 3 aliphatic rings. The van der Waals surface area contributed by atoms with Crippen molar-refractivity contribution in [2.75, 3.05) is 17.6 Å². The molecule has 2 fully saturated rings. The second-order valence-corrected chi connectivity index (χ2v) is 11.7. The molecule has 3 nitrogen and oxygen atoms in total. The van der Waals surface area contributed by atoms with Crippen molar-refractivity contribution in [2.24, 2.45) is 17.8 Å². The van der Waals surface area contributed by atoms with Crippen LogP contribution in [0.25, 0.3) is 0 Å². The Morgan fingerprint density at radius 3 is 2.71 bits per heavy atom. The Morgan fingerprint density at radius 2 is 1.86 bits per heavy atom. The number of hydrogen-bond donors (Lipinski definition) is 2. The van der Waals surface area contributed by atoms with Crippen LogP contribution >= 0.6 is 11.8 Å². The molecule has 0 unspecified atom stereocenters. The lowest BCUT2D eigenvalue weighted by Gasteiger charge is -2.43. The van der Waals surface area contributed by atoms with E-state index in [-0.39, 0.29) is 5.91 Å². The van der Waals surface area contributed by atoms with E-state index < -0.39 is 0 Å². The molecular formula is C31H34N2OS. The molecule has 1 amide bonds. The Kier molecular flexibility index (Phi) is 6.32. The molecule has 2 N–H and O–H groups in total. The van der Waals surface area contributed by atoms with Crippen LogP contribution < -0.4 is 10.6 Å². The van der Waals surface area contributed by atoms with E-state index in [2.05, 4.69) is 84.3 Å². The molecule has 3 aromatic rings. The number of carbonyl (C=O) groups excluding carboxylic acids is 1. The molecule has 2 bridgehead atoms. The number of aryl methyl sites for hydroxylation is 1. The van der Waals surface area contributed by atoms with Crippen molar-refractivity contribution >= 4 is 23.4 Å². The number of rotatable bonds is 7. The van der Waals surface area contributed by atoms with Gasteiger partial charge in [0.15, 0.2) is 0 Å². The van der Waals surface area contributed by atoms with E-state index in [0.717, 1.165) is 28.9 Å². The Labute approximate surface area is 213 Å². The van der Waals surface area contributed by atoms with E-state index in [9.17, 15) is 4.79 Å². The minimum atomic E-state index is 0.0499. The molecule has 35 heavy (non-hydrogen) atoms. The zero-order valence-corrected chi connectivity index (χ0v) is 21.2. The van der Waals surface area contributed by atoms with E-state index in [1.165, 1.54) is 47.2 Å². The van der Waals surface area contributed by atoms with Crippen LogP contribution in [-0.2, 0) is 5.75 Å². The number of hydrogen-bond acceptors (Lipinski definition) is 3. The van der Waals surface area contributed by atoms with Crippen LogP contribution in [0, 0.1) is 24.7 Å². The highest BCUT2D eigenvalue weighted by atomic mass is 32.2. The molecule has 0 radical (unpaired) electrons. The van der Waals surface area contributed by atoms with Crippen molar-refractivity contribution in [3.05, 3.63) is 101 Å². The monoisotopic (exact) mass is 482 g/mol. The summed E-state index contributed by atoms with van der Waals surface area (Å²) in [6, 6.07) is 26.3. The number of amides is 1. The van der Waals surface area contributed by atoms with Gasteiger partial charge in [0.25, 0.3) is 5.91 Å². The maximum Gasteiger partial charge on any atom is 0.251 e. The summed E-state index contributed by atoms with van der Waals surface area (Å²) in [5, 5.41) is 7.03. The van der Waals surface area contributed by atoms with E-state index in [0.29, 0.717) is 24.4 Å². The minimum absolute atomic E-state index is 0.0499. The SMILES string of the molecule is Cc1cccc(CSCCNC(=O)c2ccc3c(c2)[C@@H]2[C@H]4CC[C@@H](C4)[C@@H]2[C@@H](c2ccccc2)N3)c1. The molecule has 5 atom stereocenters. The molecule has 180 valence electrons. The van der Waals surface area contributed by atoms with Gasteiger partial charge in [-0.3, -0.25) is 4.79 Å². The number of carbonyl (C=O) groups is 1. The average Bonchev–Trinajstić information content (AvgIpc) is 3.51. The normalized spacial score (nSPS) is 26.0. The summed E-state index contributed by atoms with van der Waals surface area (Å²) in [4.78, 5) is 13.0. The zero-order valence-electron chi connectivity index (χ0n) is 20.4. The molecule has 1 aliphatic heterocycles. The summed E-state index contributed by atoms with van der Waals surface area (Å²) in [5.74, 6) is 4.68. The summed E-state index contributed by atoms with van der Waals surface area (Å²) in [5.41, 5.74) is 7.43. The van der Waals surface area contributed by atoms with Gasteiger partial charge in [0.2, 0.25) is 0 Å². The highest BCUT2D eigenvalue weighted by Gasteiger charge is 2.53. The first-order valence-electron chi connectivity index (χ1n) is 13.0. The molecule has 2 saturated carbocycles. The highest BCUT2D eigenvalue weighted by Crippen LogP contribution is 2.63. The van der Waals surface area contributed by atoms with Crippen molar-refractivity contribution in [3.8, 4) is 0 Å². The average molecular weight is 483 g/mol. The third-order valence-corrected chi connectivity index (χ3v) is 9.42. The van der Waals surface area contributed by atoms with Gasteiger partial charge in [0.05, 0.1) is 6.04 Å². The first kappa shape index (κ1) is 22.7. The first-order valence-corrected chi connectivity index (χ1v) is 14.2. The van der Waals surface area contributed by atoms with E-state index in [4.69, 9.17) is 0 Å². The number of benzene rings is 3. The largest absolute Gasteiger partial charge is 0.378 e. The van der Waals surface area contributed by atoms with Crippen molar-refractivity contribution in [1.29, 1.82) is 0 Å². The summed E-state index contributed by atoms with van der Waals surface area (Å²) in [7, 11) is 0. The molecule has 4 heteroatoms. The van der Waals surface area contributed by atoms with Crippen LogP contribution in [-0.4, -0.2) is 18.2 Å². The minimum Gasteiger partial charge on any atom is -0.378 e. The molecule has 0 aromatic heterocycles. The number of fused-ring (bicyclic) bond motifs is 7. The first-order chi connectivity index (χ1) is 17.2. The molecule has 0 spiro atoms. The van der Waals surface area contributed by atoms with Gasteiger partial charge in [-0.1, -0.05) is 60.2 Å². The van der Waals surface area contributed by atoms with Gasteiger partial charge in [-0.25, -0.2) is 0 Å². The third kappa shape index (κ3) is 4.49. The fourth-order valence-electron chi connectivity index (χ4n) is 6.95. The maximum atomic E-state index is 13.0. The van der Waals surface area contributed by atoms with Crippen LogP contribution in [0.4, 0.5) is 5.69 Å². The van der Waals surface area contributed by atoms with Crippen LogP contribution in [0.2, 0.25) is 0 Å². The lowest BCUT2D eigenvalue weighted by Crippen LogP contribution is -2.35. The van der Waals surface area contributed by atoms with E-state index in [1.54, 1.807) is 0 Å². The standard InChI is InChI=1S/C31H34N2OS/c1-20-6-5-7-21(16-20)19-35-15-14-32-31(34)25-12-13-27-26(18-25)28-23-10-11-24(17-23)29(28)30(33-27)22-8-3-2-4-9-22/h2-9,12-13,16,18,23-24,28-30,33H,10-11,14-15,17,19H2,1H3,(H,32,34)/t23-,24-,28-,29-,30+/m0/s1. The number of anilines is 1. The predicted molar refractivity (Wildman–Crippen MR) is 146 cm³/mol. The van der Waals surface area contributed by atoms with Crippen molar-refractivity contribution in [1.82, 2.24) is 5.32 Å². The Hall–Kier alpha value is -2.72. The van der Waals surface area contributed by atoms with Gasteiger partial charge in [0.1, 0.15) is 0 Å². The van der Waals surface area contributed by atoms with Gasteiger partial charge < -0.3 is 10.6 Å². The lowest BCUT2D eigenvalue weighted by atomic mass is 9.68. The Bertz CT molecular complexity index is 1210. The smallest absolute Gasteiger partial charge is 0.251 e. The van der Waals surface area contributed by atoms with Gasteiger partial charge in [-0.2, -0.15) is 11.8 Å². The van der Waals surface area contributed by atoms with E-state index >= 15 is 0 Å². The summed E-state index contributed by atoms with van der Waals surface area (Å²) in [6.07, 6.45) is 4.03. The van der Waals surface area contributed by atoms with Crippen LogP contribution in [0.1, 0.15) is 63.8 Å². The van der Waals surface area contributed by atoms with Crippen molar-refractivity contribution in [3.63, 3.8) is 0 Å². The van der Waals surface area contributed by atoms with Crippen LogP contribution in [0.5, 0.6) is 0 Å². The molecular weight excluding hydrogens is 448 g/mol. The Balaban J connectivity index is 1.13. The number of nitrogens with one attached hydrogen (secondary N) is 2. The molecule has 1 heterocycles. The fourth-order valence-corrected chi connectivity index (χ4v) is 7.75. The number of thioether (sulfide) groups is 1. The van der Waals surface area contributed by atoms with Crippen molar-refractivity contribution < 1.29 is 4.79 Å². The second kappa shape index (κ2) is 9.73. The van der Waals surface area contributed by atoms with Gasteiger partial charge in [0, 0.05) is 29.3 Å². The molecule has 0 saturated heterocycles. The van der Waals surface area contributed by atoms with Gasteiger partial charge in [-0.15, -0.1) is 0 Å². The topological polar surface area (TPSA) is 41.1 Å². The lowest BCUT2D eigenvalue weighted by molar-refractivity contribution is 0.0956. The van der Waals surface area contributed by atoms with Gasteiger partial charge >= 0.3 is 0 Å². The molecule has 3 aromatic carbocycles. The zero-order chi connectivity index (χ0) is 23.8. The van der Waals surface area contributed by atoms with Crippen molar-refractivity contribution in [2.45, 2.75) is 43.9 Å². The predicted octanol–water partition coefficient (Wildman–Crippen LogP) is 6.95. The second-order valence-electron chi connectivity index (χ2n) is 10.6. The van der Waals surface area contributed by atoms with Gasteiger partial charge in [-0.05, 0) is 84.7 Å². The fraction of sp³-hybridized carbons (Fsp3) is 0.387. The highest BCUT2D eigenvalue weighted by molar-refractivity contribution is 7.98.